The maximum atomic E-state index is 4.41. The Morgan fingerprint density at radius 2 is 2.30 bits per heavy atom. The van der Waals surface area contributed by atoms with Crippen LogP contribution in [0.5, 0.6) is 0 Å². The zero-order valence-corrected chi connectivity index (χ0v) is 12.6. The molecule has 1 N–H and O–H groups in total. The minimum Gasteiger partial charge on any atom is -0.351 e. The van der Waals surface area contributed by atoms with E-state index in [2.05, 4.69) is 44.5 Å². The SMILES string of the molecule is CN=C(NCc1scnc1C)N1CCc2ccccc21. The molecule has 0 spiro atoms. The lowest BCUT2D eigenvalue weighted by Gasteiger charge is -2.22. The Morgan fingerprint density at radius 1 is 1.45 bits per heavy atom. The summed E-state index contributed by atoms with van der Waals surface area (Å²) in [6, 6.07) is 8.53. The van der Waals surface area contributed by atoms with E-state index in [1.165, 1.54) is 16.1 Å². The zero-order valence-electron chi connectivity index (χ0n) is 11.8. The van der Waals surface area contributed by atoms with Gasteiger partial charge >= 0.3 is 0 Å². The van der Waals surface area contributed by atoms with Crippen LogP contribution in [0.1, 0.15) is 16.1 Å². The van der Waals surface area contributed by atoms with Crippen molar-refractivity contribution in [1.82, 2.24) is 10.3 Å². The van der Waals surface area contributed by atoms with Gasteiger partial charge in [0.05, 0.1) is 17.7 Å². The van der Waals surface area contributed by atoms with Gasteiger partial charge in [0.2, 0.25) is 0 Å². The standard InChI is InChI=1S/C15H18N4S/c1-11-14(20-10-18-11)9-17-15(16-2)19-8-7-12-5-3-4-6-13(12)19/h3-6,10H,7-9H2,1-2H3,(H,16,17). The molecule has 2 aromatic rings. The summed E-state index contributed by atoms with van der Waals surface area (Å²) in [6.45, 7) is 3.81. The number of nitrogens with one attached hydrogen (secondary N) is 1. The van der Waals surface area contributed by atoms with Gasteiger partial charge in [-0.3, -0.25) is 4.99 Å². The van der Waals surface area contributed by atoms with Crippen molar-refractivity contribution in [2.24, 2.45) is 4.99 Å². The van der Waals surface area contributed by atoms with Crippen LogP contribution in [0.4, 0.5) is 5.69 Å². The number of benzene rings is 1. The third-order valence-corrected chi connectivity index (χ3v) is 4.54. The minimum absolute atomic E-state index is 0.780. The molecule has 0 atom stereocenters. The second-order valence-electron chi connectivity index (χ2n) is 4.79. The van der Waals surface area contributed by atoms with Crippen molar-refractivity contribution >= 4 is 23.0 Å². The van der Waals surface area contributed by atoms with Crippen LogP contribution in [0.3, 0.4) is 0 Å². The van der Waals surface area contributed by atoms with Crippen LogP contribution >= 0.6 is 11.3 Å². The smallest absolute Gasteiger partial charge is 0.198 e. The normalized spacial score (nSPS) is 14.5. The average Bonchev–Trinajstić information content (AvgIpc) is 3.07. The predicted octanol–water partition coefficient (Wildman–Crippen LogP) is 2.59. The molecule has 1 aliphatic rings. The van der Waals surface area contributed by atoms with Crippen LogP contribution in [0, 0.1) is 6.92 Å². The second-order valence-corrected chi connectivity index (χ2v) is 5.73. The van der Waals surface area contributed by atoms with Gasteiger partial charge in [-0.05, 0) is 25.0 Å². The predicted molar refractivity (Wildman–Crippen MR) is 84.5 cm³/mol. The average molecular weight is 286 g/mol. The monoisotopic (exact) mass is 286 g/mol. The number of thiazole rings is 1. The van der Waals surface area contributed by atoms with E-state index >= 15 is 0 Å². The zero-order chi connectivity index (χ0) is 13.9. The van der Waals surface area contributed by atoms with Gasteiger partial charge in [0, 0.05) is 24.2 Å². The van der Waals surface area contributed by atoms with Gasteiger partial charge in [-0.1, -0.05) is 18.2 Å². The summed E-state index contributed by atoms with van der Waals surface area (Å²) in [6.07, 6.45) is 1.08. The van der Waals surface area contributed by atoms with Crippen molar-refractivity contribution < 1.29 is 0 Å². The summed E-state index contributed by atoms with van der Waals surface area (Å²) >= 11 is 1.68. The third kappa shape index (κ3) is 2.41. The molecule has 0 amide bonds. The fraction of sp³-hybridized carbons (Fsp3) is 0.333. The Morgan fingerprint density at radius 3 is 3.05 bits per heavy atom. The lowest BCUT2D eigenvalue weighted by molar-refractivity contribution is 0.871. The first-order valence-electron chi connectivity index (χ1n) is 6.74. The maximum absolute atomic E-state index is 4.41. The van der Waals surface area contributed by atoms with Crippen molar-refractivity contribution in [1.29, 1.82) is 0 Å². The summed E-state index contributed by atoms with van der Waals surface area (Å²) < 4.78 is 0. The van der Waals surface area contributed by atoms with Crippen LogP contribution in [0.2, 0.25) is 0 Å². The molecule has 0 aliphatic carbocycles. The molecule has 1 aromatic heterocycles. The Kier molecular flexibility index (Phi) is 3.69. The molecule has 0 radical (unpaired) electrons. The van der Waals surface area contributed by atoms with E-state index in [1.54, 1.807) is 11.3 Å². The van der Waals surface area contributed by atoms with E-state index in [1.807, 2.05) is 19.5 Å². The van der Waals surface area contributed by atoms with Gasteiger partial charge in [-0.25, -0.2) is 4.98 Å². The topological polar surface area (TPSA) is 40.5 Å². The maximum Gasteiger partial charge on any atom is 0.198 e. The molecule has 1 aliphatic heterocycles. The largest absolute Gasteiger partial charge is 0.351 e. The lowest BCUT2D eigenvalue weighted by Crippen LogP contribution is -2.40. The van der Waals surface area contributed by atoms with Gasteiger partial charge in [-0.15, -0.1) is 11.3 Å². The summed E-state index contributed by atoms with van der Waals surface area (Å²) in [5.74, 6) is 0.933. The fourth-order valence-electron chi connectivity index (χ4n) is 2.51. The molecule has 4 nitrogen and oxygen atoms in total. The van der Waals surface area contributed by atoms with Crippen molar-refractivity contribution in [3.63, 3.8) is 0 Å². The van der Waals surface area contributed by atoms with E-state index in [-0.39, 0.29) is 0 Å². The number of fused-ring (bicyclic) bond motifs is 1. The first-order valence-corrected chi connectivity index (χ1v) is 7.62. The highest BCUT2D eigenvalue weighted by atomic mass is 32.1. The number of aliphatic imine (C=N–C) groups is 1. The van der Waals surface area contributed by atoms with E-state index in [0.29, 0.717) is 0 Å². The Hall–Kier alpha value is -1.88. The molecular weight excluding hydrogens is 268 g/mol. The van der Waals surface area contributed by atoms with E-state index in [0.717, 1.165) is 31.2 Å². The molecule has 104 valence electrons. The molecule has 2 heterocycles. The molecule has 0 bridgehead atoms. The van der Waals surface area contributed by atoms with Gasteiger partial charge in [-0.2, -0.15) is 0 Å². The number of hydrogen-bond acceptors (Lipinski definition) is 3. The van der Waals surface area contributed by atoms with Crippen LogP contribution in [0.15, 0.2) is 34.8 Å². The van der Waals surface area contributed by atoms with Crippen molar-refractivity contribution in [2.45, 2.75) is 19.9 Å². The van der Waals surface area contributed by atoms with Crippen LogP contribution in [-0.2, 0) is 13.0 Å². The Labute approximate surface area is 123 Å². The molecule has 0 saturated heterocycles. The highest BCUT2D eigenvalue weighted by Gasteiger charge is 2.22. The number of rotatable bonds is 2. The fourth-order valence-corrected chi connectivity index (χ4v) is 3.23. The van der Waals surface area contributed by atoms with Gasteiger partial charge < -0.3 is 10.2 Å². The van der Waals surface area contributed by atoms with Crippen LogP contribution in [0.25, 0.3) is 0 Å². The summed E-state index contributed by atoms with van der Waals surface area (Å²) in [5.41, 5.74) is 5.64. The summed E-state index contributed by atoms with van der Waals surface area (Å²) in [7, 11) is 1.84. The molecular formula is C15H18N4S. The molecule has 0 unspecified atom stereocenters. The molecule has 20 heavy (non-hydrogen) atoms. The molecule has 0 saturated carbocycles. The van der Waals surface area contributed by atoms with E-state index in [4.69, 9.17) is 0 Å². The number of guanidine groups is 1. The van der Waals surface area contributed by atoms with E-state index in [9.17, 15) is 0 Å². The molecule has 1 aromatic carbocycles. The number of nitrogens with zero attached hydrogens (tertiary/aromatic N) is 3. The van der Waals surface area contributed by atoms with Crippen LogP contribution in [-0.4, -0.2) is 24.5 Å². The van der Waals surface area contributed by atoms with Crippen molar-refractivity contribution in [2.75, 3.05) is 18.5 Å². The Bertz CT molecular complexity index is 632. The summed E-state index contributed by atoms with van der Waals surface area (Å²) in [4.78, 5) is 12.2. The van der Waals surface area contributed by atoms with Gasteiger partial charge in [0.15, 0.2) is 5.96 Å². The number of hydrogen-bond donors (Lipinski definition) is 1. The van der Waals surface area contributed by atoms with E-state index < -0.39 is 0 Å². The number of anilines is 1. The quantitative estimate of drug-likeness (QED) is 0.681. The molecule has 0 fully saturated rings. The summed E-state index contributed by atoms with van der Waals surface area (Å²) in [5, 5.41) is 3.44. The molecule has 5 heteroatoms. The lowest BCUT2D eigenvalue weighted by atomic mass is 10.2. The van der Waals surface area contributed by atoms with Gasteiger partial charge in [0.25, 0.3) is 0 Å². The minimum atomic E-state index is 0.780. The van der Waals surface area contributed by atoms with Crippen LogP contribution < -0.4 is 10.2 Å². The third-order valence-electron chi connectivity index (χ3n) is 3.61. The highest BCUT2D eigenvalue weighted by Crippen LogP contribution is 2.27. The highest BCUT2D eigenvalue weighted by molar-refractivity contribution is 7.09. The van der Waals surface area contributed by atoms with Crippen molar-refractivity contribution in [3.8, 4) is 0 Å². The first-order chi connectivity index (χ1) is 9.79. The van der Waals surface area contributed by atoms with Gasteiger partial charge in [0.1, 0.15) is 0 Å². The number of para-hydroxylation sites is 1. The number of aryl methyl sites for hydroxylation is 1. The Balaban J connectivity index is 1.74. The first kappa shape index (κ1) is 13.1. The second kappa shape index (κ2) is 5.63. The van der Waals surface area contributed by atoms with Crippen molar-refractivity contribution in [3.05, 3.63) is 45.9 Å². The molecule has 3 rings (SSSR count). The number of aromatic nitrogens is 1.